The zero-order valence-corrected chi connectivity index (χ0v) is 19.7. The van der Waals surface area contributed by atoms with Gasteiger partial charge in [0.1, 0.15) is 5.75 Å². The van der Waals surface area contributed by atoms with E-state index in [1.807, 2.05) is 38.1 Å². The number of rotatable bonds is 5. The molecule has 0 saturated carbocycles. The number of hydrogen-bond acceptors (Lipinski definition) is 5. The van der Waals surface area contributed by atoms with Crippen molar-refractivity contribution in [3.05, 3.63) is 60.0 Å². The van der Waals surface area contributed by atoms with Crippen molar-refractivity contribution in [2.45, 2.75) is 52.7 Å². The van der Waals surface area contributed by atoms with Crippen LogP contribution in [0.25, 0.3) is 22.6 Å². The lowest BCUT2D eigenvalue weighted by molar-refractivity contribution is 0.236. The lowest BCUT2D eigenvalue weighted by Crippen LogP contribution is -2.16. The van der Waals surface area contributed by atoms with E-state index in [9.17, 15) is 0 Å². The highest BCUT2D eigenvalue weighted by Crippen LogP contribution is 2.35. The fourth-order valence-electron chi connectivity index (χ4n) is 2.97. The van der Waals surface area contributed by atoms with Crippen LogP contribution in [0.2, 0.25) is 0 Å². The average Bonchev–Trinajstić information content (AvgIpc) is 2.67. The van der Waals surface area contributed by atoms with Crippen LogP contribution < -0.4 is 10.5 Å². The normalized spacial score (nSPS) is 10.9. The van der Waals surface area contributed by atoms with Gasteiger partial charge in [-0.25, -0.2) is 9.97 Å². The third kappa shape index (κ3) is 6.14. The Hall–Kier alpha value is -2.21. The van der Waals surface area contributed by atoms with Gasteiger partial charge in [-0.1, -0.05) is 20.8 Å². The predicted molar refractivity (Wildman–Crippen MR) is 128 cm³/mol. The molecule has 0 radical (unpaired) electrons. The molecule has 0 fully saturated rings. The zero-order valence-electron chi connectivity index (χ0n) is 18.0. The van der Waals surface area contributed by atoms with E-state index in [1.54, 1.807) is 12.4 Å². The second kappa shape index (κ2) is 10.7. The van der Waals surface area contributed by atoms with Gasteiger partial charge in [-0.2, -0.15) is 0 Å². The summed E-state index contributed by atoms with van der Waals surface area (Å²) in [6.07, 6.45) is 3.67. The summed E-state index contributed by atoms with van der Waals surface area (Å²) in [5.41, 5.74) is 10.4. The molecule has 5 nitrogen and oxygen atoms in total. The summed E-state index contributed by atoms with van der Waals surface area (Å²) in [6, 6.07) is 12.0. The number of nitrogens with zero attached hydrogens (tertiary/aromatic N) is 3. The van der Waals surface area contributed by atoms with Crippen molar-refractivity contribution in [1.29, 1.82) is 0 Å². The van der Waals surface area contributed by atoms with Gasteiger partial charge in [0.2, 0.25) is 0 Å². The lowest BCUT2D eigenvalue weighted by Gasteiger charge is -2.25. The fourth-order valence-corrected chi connectivity index (χ4v) is 2.97. The molecule has 1 aromatic carbocycles. The Morgan fingerprint density at radius 1 is 0.967 bits per heavy atom. The van der Waals surface area contributed by atoms with Crippen LogP contribution in [0.1, 0.15) is 45.9 Å². The van der Waals surface area contributed by atoms with Crippen LogP contribution in [-0.4, -0.2) is 21.1 Å². The quantitative estimate of drug-likeness (QED) is 0.550. The first-order valence-corrected chi connectivity index (χ1v) is 9.58. The second-order valence-electron chi connectivity index (χ2n) is 8.14. The molecule has 7 heteroatoms. The summed E-state index contributed by atoms with van der Waals surface area (Å²) in [5.74, 6) is 1.57. The number of hydrogen-bond donors (Lipinski definition) is 1. The standard InChI is InChI=1S/C23H28N4O.2ClH/c1-15(2)28-21-9-7-16(12-19(21)23(3,4)5)20-10-11-25-22(27-20)17-6-8-18(13-24)26-14-17;;/h6-12,14-15H,13,24H2,1-5H3;2*1H. The summed E-state index contributed by atoms with van der Waals surface area (Å²) >= 11 is 0. The summed E-state index contributed by atoms with van der Waals surface area (Å²) in [5, 5.41) is 0. The number of aromatic nitrogens is 3. The molecule has 0 aliphatic carbocycles. The van der Waals surface area contributed by atoms with Gasteiger partial charge < -0.3 is 10.5 Å². The topological polar surface area (TPSA) is 73.9 Å². The molecular formula is C23H30Cl2N4O. The van der Waals surface area contributed by atoms with E-state index >= 15 is 0 Å². The molecule has 2 aromatic heterocycles. The van der Waals surface area contributed by atoms with Crippen LogP contribution in [0.5, 0.6) is 5.75 Å². The Balaban J connectivity index is 0.00000225. The van der Waals surface area contributed by atoms with Gasteiger partial charge in [0.15, 0.2) is 5.82 Å². The number of ether oxygens (including phenoxy) is 1. The van der Waals surface area contributed by atoms with Gasteiger partial charge in [-0.3, -0.25) is 4.98 Å². The molecular weight excluding hydrogens is 419 g/mol. The van der Waals surface area contributed by atoms with Crippen LogP contribution >= 0.6 is 24.8 Å². The highest BCUT2D eigenvalue weighted by molar-refractivity contribution is 5.85. The Morgan fingerprint density at radius 2 is 1.67 bits per heavy atom. The molecule has 30 heavy (non-hydrogen) atoms. The van der Waals surface area contributed by atoms with Crippen molar-refractivity contribution in [3.8, 4) is 28.4 Å². The summed E-state index contributed by atoms with van der Waals surface area (Å²) in [4.78, 5) is 13.5. The molecule has 0 aliphatic rings. The maximum Gasteiger partial charge on any atom is 0.161 e. The van der Waals surface area contributed by atoms with Crippen LogP contribution in [0.3, 0.4) is 0 Å². The molecule has 0 spiro atoms. The first-order valence-electron chi connectivity index (χ1n) is 9.58. The SMILES string of the molecule is CC(C)Oc1ccc(-c2ccnc(-c3ccc(CN)nc3)n2)cc1C(C)(C)C.Cl.Cl. The maximum atomic E-state index is 6.03. The van der Waals surface area contributed by atoms with Crippen LogP contribution in [0.15, 0.2) is 48.8 Å². The third-order valence-corrected chi connectivity index (χ3v) is 4.39. The van der Waals surface area contributed by atoms with E-state index in [4.69, 9.17) is 15.5 Å². The molecule has 0 atom stereocenters. The highest BCUT2D eigenvalue weighted by atomic mass is 35.5. The summed E-state index contributed by atoms with van der Waals surface area (Å²) in [6.45, 7) is 11.1. The molecule has 0 unspecified atom stereocenters. The van der Waals surface area contributed by atoms with E-state index < -0.39 is 0 Å². The third-order valence-electron chi connectivity index (χ3n) is 4.39. The second-order valence-corrected chi connectivity index (χ2v) is 8.14. The minimum Gasteiger partial charge on any atom is -0.491 e. The van der Waals surface area contributed by atoms with E-state index in [1.165, 1.54) is 0 Å². The Labute approximate surface area is 191 Å². The van der Waals surface area contributed by atoms with Crippen molar-refractivity contribution in [1.82, 2.24) is 15.0 Å². The molecule has 3 rings (SSSR count). The van der Waals surface area contributed by atoms with Gasteiger partial charge >= 0.3 is 0 Å². The first-order chi connectivity index (χ1) is 13.3. The molecule has 2 N–H and O–H groups in total. The van der Waals surface area contributed by atoms with E-state index in [0.29, 0.717) is 12.4 Å². The molecule has 162 valence electrons. The van der Waals surface area contributed by atoms with Gasteiger partial charge in [0.05, 0.1) is 17.5 Å². The van der Waals surface area contributed by atoms with Gasteiger partial charge in [-0.05, 0) is 55.7 Å². The smallest absolute Gasteiger partial charge is 0.161 e. The van der Waals surface area contributed by atoms with Crippen molar-refractivity contribution in [2.24, 2.45) is 5.73 Å². The maximum absolute atomic E-state index is 6.03. The van der Waals surface area contributed by atoms with Crippen LogP contribution in [0, 0.1) is 0 Å². The van der Waals surface area contributed by atoms with Gasteiger partial charge in [-0.15, -0.1) is 24.8 Å². The minimum atomic E-state index is -0.0436. The Morgan fingerprint density at radius 3 is 2.23 bits per heavy atom. The summed E-state index contributed by atoms with van der Waals surface area (Å²) in [7, 11) is 0. The van der Waals surface area contributed by atoms with Crippen LogP contribution in [-0.2, 0) is 12.0 Å². The predicted octanol–water partition coefficient (Wildman–Crippen LogP) is 5.59. The lowest BCUT2D eigenvalue weighted by atomic mass is 9.85. The molecule has 0 aliphatic heterocycles. The fraction of sp³-hybridized carbons (Fsp3) is 0.348. The molecule has 0 amide bonds. The highest BCUT2D eigenvalue weighted by Gasteiger charge is 2.21. The number of halogens is 2. The molecule has 2 heterocycles. The van der Waals surface area contributed by atoms with Crippen molar-refractivity contribution >= 4 is 24.8 Å². The van der Waals surface area contributed by atoms with E-state index in [-0.39, 0.29) is 36.3 Å². The van der Waals surface area contributed by atoms with Crippen molar-refractivity contribution < 1.29 is 4.74 Å². The molecule has 3 aromatic rings. The van der Waals surface area contributed by atoms with Gasteiger partial charge in [0.25, 0.3) is 0 Å². The Bertz CT molecular complexity index is 954. The summed E-state index contributed by atoms with van der Waals surface area (Å²) < 4.78 is 6.03. The van der Waals surface area contributed by atoms with Crippen molar-refractivity contribution in [3.63, 3.8) is 0 Å². The van der Waals surface area contributed by atoms with Crippen molar-refractivity contribution in [2.75, 3.05) is 0 Å². The van der Waals surface area contributed by atoms with Gasteiger partial charge in [0, 0.05) is 35.6 Å². The van der Waals surface area contributed by atoms with E-state index in [2.05, 4.69) is 42.9 Å². The molecule has 0 bridgehead atoms. The number of benzene rings is 1. The monoisotopic (exact) mass is 448 g/mol. The molecule has 0 saturated heterocycles. The first kappa shape index (κ1) is 25.8. The number of nitrogens with two attached hydrogens (primary N) is 1. The van der Waals surface area contributed by atoms with Crippen LogP contribution in [0.4, 0.5) is 0 Å². The minimum absolute atomic E-state index is 0. The number of pyridine rings is 1. The largest absolute Gasteiger partial charge is 0.491 e. The zero-order chi connectivity index (χ0) is 20.3. The average molecular weight is 449 g/mol. The Kier molecular flexibility index (Phi) is 9.22. The van der Waals surface area contributed by atoms with E-state index in [0.717, 1.165) is 33.8 Å².